The molecule has 0 bridgehead atoms. The number of rotatable bonds is 2. The SMILES string of the molecule is Cc1nc2ncccc2n(CC2CCOCC2)c1=O. The summed E-state index contributed by atoms with van der Waals surface area (Å²) in [6, 6.07) is 3.76. The molecule has 1 aliphatic rings. The molecule has 0 atom stereocenters. The summed E-state index contributed by atoms with van der Waals surface area (Å²) >= 11 is 0. The Morgan fingerprint density at radius 2 is 2.21 bits per heavy atom. The smallest absolute Gasteiger partial charge is 0.272 e. The van der Waals surface area contributed by atoms with Crippen LogP contribution < -0.4 is 5.56 Å². The number of aromatic nitrogens is 3. The second-order valence-corrected chi connectivity index (χ2v) is 5.01. The average Bonchev–Trinajstić information content (AvgIpc) is 2.45. The molecule has 5 heteroatoms. The highest BCUT2D eigenvalue weighted by atomic mass is 16.5. The molecule has 0 spiro atoms. The van der Waals surface area contributed by atoms with Crippen LogP contribution in [-0.4, -0.2) is 27.7 Å². The van der Waals surface area contributed by atoms with Gasteiger partial charge in [0.1, 0.15) is 5.69 Å². The van der Waals surface area contributed by atoms with Crippen LogP contribution in [0, 0.1) is 12.8 Å². The van der Waals surface area contributed by atoms with Crippen molar-refractivity contribution in [2.45, 2.75) is 26.3 Å². The first kappa shape index (κ1) is 12.3. The highest BCUT2D eigenvalue weighted by Gasteiger charge is 2.17. The van der Waals surface area contributed by atoms with Gasteiger partial charge in [0.15, 0.2) is 5.65 Å². The molecule has 19 heavy (non-hydrogen) atoms. The standard InChI is InChI=1S/C14H17N3O2/c1-10-14(18)17(9-11-4-7-19-8-5-11)12-3-2-6-15-13(12)16-10/h2-3,6,11H,4-5,7-9H2,1H3. The van der Waals surface area contributed by atoms with Crippen LogP contribution in [0.2, 0.25) is 0 Å². The van der Waals surface area contributed by atoms with Crippen molar-refractivity contribution in [3.05, 3.63) is 34.4 Å². The van der Waals surface area contributed by atoms with E-state index in [9.17, 15) is 4.79 Å². The fraction of sp³-hybridized carbons (Fsp3) is 0.500. The van der Waals surface area contributed by atoms with Crippen molar-refractivity contribution in [1.29, 1.82) is 0 Å². The fourth-order valence-corrected chi connectivity index (χ4v) is 2.57. The Hall–Kier alpha value is -1.75. The molecule has 0 aromatic carbocycles. The van der Waals surface area contributed by atoms with Crippen molar-refractivity contribution < 1.29 is 4.74 Å². The van der Waals surface area contributed by atoms with Crippen LogP contribution in [0.4, 0.5) is 0 Å². The monoisotopic (exact) mass is 259 g/mol. The van der Waals surface area contributed by atoms with Gasteiger partial charge in [0.2, 0.25) is 0 Å². The van der Waals surface area contributed by atoms with Crippen molar-refractivity contribution in [2.75, 3.05) is 13.2 Å². The van der Waals surface area contributed by atoms with Crippen molar-refractivity contribution in [1.82, 2.24) is 14.5 Å². The molecule has 100 valence electrons. The van der Waals surface area contributed by atoms with Gasteiger partial charge in [0.05, 0.1) is 5.52 Å². The Labute approximate surface area is 111 Å². The maximum absolute atomic E-state index is 12.3. The molecule has 1 fully saturated rings. The van der Waals surface area contributed by atoms with Gasteiger partial charge in [-0.1, -0.05) is 0 Å². The molecule has 0 N–H and O–H groups in total. The predicted octanol–water partition coefficient (Wildman–Crippen LogP) is 1.53. The number of fused-ring (bicyclic) bond motifs is 1. The Kier molecular flexibility index (Phi) is 3.29. The fourth-order valence-electron chi connectivity index (χ4n) is 2.57. The summed E-state index contributed by atoms with van der Waals surface area (Å²) in [6.45, 7) is 4.06. The molecule has 0 aliphatic carbocycles. The molecule has 2 aromatic rings. The van der Waals surface area contributed by atoms with Gasteiger partial charge < -0.3 is 9.30 Å². The van der Waals surface area contributed by atoms with E-state index < -0.39 is 0 Å². The van der Waals surface area contributed by atoms with E-state index in [1.54, 1.807) is 13.1 Å². The minimum absolute atomic E-state index is 0.00741. The minimum Gasteiger partial charge on any atom is -0.381 e. The topological polar surface area (TPSA) is 57.0 Å². The molecular weight excluding hydrogens is 242 g/mol. The summed E-state index contributed by atoms with van der Waals surface area (Å²) in [5, 5.41) is 0. The highest BCUT2D eigenvalue weighted by molar-refractivity contribution is 5.69. The number of hydrogen-bond acceptors (Lipinski definition) is 4. The maximum Gasteiger partial charge on any atom is 0.272 e. The van der Waals surface area contributed by atoms with Crippen molar-refractivity contribution in [3.8, 4) is 0 Å². The van der Waals surface area contributed by atoms with E-state index in [0.29, 0.717) is 17.3 Å². The molecule has 0 amide bonds. The van der Waals surface area contributed by atoms with Crippen LogP contribution in [0.25, 0.3) is 11.2 Å². The number of hydrogen-bond donors (Lipinski definition) is 0. The van der Waals surface area contributed by atoms with E-state index in [0.717, 1.165) is 38.1 Å². The molecule has 2 aromatic heterocycles. The van der Waals surface area contributed by atoms with Crippen LogP contribution in [0.3, 0.4) is 0 Å². The first-order valence-electron chi connectivity index (χ1n) is 6.65. The molecule has 5 nitrogen and oxygen atoms in total. The molecule has 1 aliphatic heterocycles. The van der Waals surface area contributed by atoms with Crippen LogP contribution in [0.5, 0.6) is 0 Å². The van der Waals surface area contributed by atoms with Crippen molar-refractivity contribution in [2.24, 2.45) is 5.92 Å². The number of nitrogens with zero attached hydrogens (tertiary/aromatic N) is 3. The molecule has 3 rings (SSSR count). The zero-order chi connectivity index (χ0) is 13.2. The Morgan fingerprint density at radius 1 is 1.42 bits per heavy atom. The molecule has 1 saturated heterocycles. The third kappa shape index (κ3) is 2.38. The normalized spacial score (nSPS) is 16.9. The molecule has 3 heterocycles. The van der Waals surface area contributed by atoms with E-state index in [4.69, 9.17) is 4.74 Å². The van der Waals surface area contributed by atoms with Gasteiger partial charge in [-0.05, 0) is 37.8 Å². The van der Waals surface area contributed by atoms with E-state index in [2.05, 4.69) is 9.97 Å². The lowest BCUT2D eigenvalue weighted by molar-refractivity contribution is 0.0613. The summed E-state index contributed by atoms with van der Waals surface area (Å²) < 4.78 is 7.19. The number of pyridine rings is 1. The molecule has 0 saturated carbocycles. The zero-order valence-electron chi connectivity index (χ0n) is 11.0. The van der Waals surface area contributed by atoms with Gasteiger partial charge in [-0.15, -0.1) is 0 Å². The van der Waals surface area contributed by atoms with Gasteiger partial charge in [-0.2, -0.15) is 0 Å². The zero-order valence-corrected chi connectivity index (χ0v) is 11.0. The quantitative estimate of drug-likeness (QED) is 0.820. The second-order valence-electron chi connectivity index (χ2n) is 5.01. The predicted molar refractivity (Wildman–Crippen MR) is 72.1 cm³/mol. The summed E-state index contributed by atoms with van der Waals surface area (Å²) in [5.74, 6) is 0.497. The molecular formula is C14H17N3O2. The summed E-state index contributed by atoms with van der Waals surface area (Å²) in [6.07, 6.45) is 3.73. The van der Waals surface area contributed by atoms with E-state index >= 15 is 0 Å². The summed E-state index contributed by atoms with van der Waals surface area (Å²) in [5.41, 5.74) is 1.97. The first-order chi connectivity index (χ1) is 9.25. The van der Waals surface area contributed by atoms with Crippen LogP contribution in [0.1, 0.15) is 18.5 Å². The van der Waals surface area contributed by atoms with Gasteiger partial charge in [-0.25, -0.2) is 9.97 Å². The largest absolute Gasteiger partial charge is 0.381 e. The van der Waals surface area contributed by atoms with E-state index in [1.807, 2.05) is 16.7 Å². The van der Waals surface area contributed by atoms with Gasteiger partial charge >= 0.3 is 0 Å². The lowest BCUT2D eigenvalue weighted by atomic mass is 10.0. The summed E-state index contributed by atoms with van der Waals surface area (Å²) in [7, 11) is 0. The van der Waals surface area contributed by atoms with E-state index in [1.165, 1.54) is 0 Å². The number of ether oxygens (including phenoxy) is 1. The number of aryl methyl sites for hydroxylation is 1. The lowest BCUT2D eigenvalue weighted by Crippen LogP contribution is -2.29. The third-order valence-electron chi connectivity index (χ3n) is 3.67. The summed E-state index contributed by atoms with van der Waals surface area (Å²) in [4.78, 5) is 20.8. The Balaban J connectivity index is 2.05. The van der Waals surface area contributed by atoms with Crippen LogP contribution in [-0.2, 0) is 11.3 Å². The van der Waals surface area contributed by atoms with Crippen LogP contribution >= 0.6 is 0 Å². The lowest BCUT2D eigenvalue weighted by Gasteiger charge is -2.23. The van der Waals surface area contributed by atoms with Crippen molar-refractivity contribution in [3.63, 3.8) is 0 Å². The average molecular weight is 259 g/mol. The van der Waals surface area contributed by atoms with Gasteiger partial charge in [-0.3, -0.25) is 4.79 Å². The Morgan fingerprint density at radius 3 is 3.00 bits per heavy atom. The first-order valence-corrected chi connectivity index (χ1v) is 6.65. The highest BCUT2D eigenvalue weighted by Crippen LogP contribution is 2.18. The minimum atomic E-state index is -0.00741. The molecule has 0 unspecified atom stereocenters. The Bertz CT molecular complexity index is 645. The van der Waals surface area contributed by atoms with Crippen LogP contribution in [0.15, 0.2) is 23.1 Å². The van der Waals surface area contributed by atoms with Crippen molar-refractivity contribution >= 4 is 11.2 Å². The van der Waals surface area contributed by atoms with Gasteiger partial charge in [0, 0.05) is 26.0 Å². The van der Waals surface area contributed by atoms with E-state index in [-0.39, 0.29) is 5.56 Å². The molecule has 0 radical (unpaired) electrons. The maximum atomic E-state index is 12.3. The second kappa shape index (κ2) is 5.09. The third-order valence-corrected chi connectivity index (χ3v) is 3.67. The van der Waals surface area contributed by atoms with Gasteiger partial charge in [0.25, 0.3) is 5.56 Å².